The quantitative estimate of drug-likeness (QED) is 0.214. The molecule has 174 valence electrons. The van der Waals surface area contributed by atoms with Gasteiger partial charge in [0.1, 0.15) is 12.4 Å². The average molecular weight is 464 g/mol. The van der Waals surface area contributed by atoms with Gasteiger partial charge in [-0.25, -0.2) is 0 Å². The Labute approximate surface area is 201 Å². The number of unbranched alkanes of at least 4 members (excludes halogenated alkanes) is 2. The number of ether oxygens (including phenoxy) is 1. The smallest absolute Gasteiger partial charge is 0.160 e. The van der Waals surface area contributed by atoms with Crippen LogP contribution < -0.4 is 9.64 Å². The number of aliphatic hydroxyl groups excluding tert-OH is 1. The molecular formula is C28H33NO3S. The molecule has 3 rings (SSSR count). The van der Waals surface area contributed by atoms with E-state index in [1.54, 1.807) is 0 Å². The summed E-state index contributed by atoms with van der Waals surface area (Å²) in [7, 11) is 0. The molecule has 0 aliphatic carbocycles. The lowest BCUT2D eigenvalue weighted by molar-refractivity contribution is 0.112. The van der Waals surface area contributed by atoms with Gasteiger partial charge in [-0.1, -0.05) is 43.7 Å². The van der Waals surface area contributed by atoms with Crippen molar-refractivity contribution in [2.24, 2.45) is 0 Å². The molecule has 0 bridgehead atoms. The van der Waals surface area contributed by atoms with E-state index in [4.69, 9.17) is 4.74 Å². The predicted molar refractivity (Wildman–Crippen MR) is 139 cm³/mol. The molecule has 1 heterocycles. The summed E-state index contributed by atoms with van der Waals surface area (Å²) < 4.78 is 6.29. The molecule has 3 aromatic rings. The second-order valence-corrected chi connectivity index (χ2v) is 9.11. The Morgan fingerprint density at radius 3 is 2.45 bits per heavy atom. The lowest BCUT2D eigenvalue weighted by Crippen LogP contribution is -2.25. The first-order chi connectivity index (χ1) is 16.2. The number of rotatable bonds is 14. The van der Waals surface area contributed by atoms with Crippen LogP contribution in [0.3, 0.4) is 0 Å². The summed E-state index contributed by atoms with van der Waals surface area (Å²) in [6.45, 7) is 4.83. The summed E-state index contributed by atoms with van der Waals surface area (Å²) in [5, 5.41) is 9.19. The molecule has 2 aromatic carbocycles. The number of nitrogens with zero attached hydrogens (tertiary/aromatic N) is 1. The molecule has 4 nitrogen and oxygen atoms in total. The fraction of sp³-hybridized carbons (Fsp3) is 0.321. The number of carbonyl (C=O) groups is 1. The van der Waals surface area contributed by atoms with Gasteiger partial charge in [0.05, 0.1) is 4.88 Å². The molecule has 0 atom stereocenters. The van der Waals surface area contributed by atoms with Crippen molar-refractivity contribution in [2.45, 2.75) is 39.2 Å². The highest BCUT2D eigenvalue weighted by atomic mass is 32.1. The Balaban J connectivity index is 1.85. The summed E-state index contributed by atoms with van der Waals surface area (Å²) in [6.07, 6.45) is 8.98. The maximum atomic E-state index is 11.0. The molecule has 5 heteroatoms. The molecule has 0 amide bonds. The van der Waals surface area contributed by atoms with E-state index in [-0.39, 0.29) is 6.61 Å². The highest BCUT2D eigenvalue weighted by Gasteiger charge is 2.11. The molecule has 0 radical (unpaired) electrons. The van der Waals surface area contributed by atoms with Crippen LogP contribution in [0.4, 0.5) is 5.69 Å². The average Bonchev–Trinajstić information content (AvgIpc) is 3.32. The third-order valence-corrected chi connectivity index (χ3v) is 6.38. The number of aldehydes is 1. The van der Waals surface area contributed by atoms with Gasteiger partial charge in [0, 0.05) is 41.9 Å². The normalized spacial score (nSPS) is 11.1. The summed E-state index contributed by atoms with van der Waals surface area (Å²) in [5.41, 5.74) is 3.26. The van der Waals surface area contributed by atoms with Crippen molar-refractivity contribution in [1.82, 2.24) is 0 Å². The molecule has 0 unspecified atom stereocenters. The minimum absolute atomic E-state index is 0.228. The number of hydrogen-bond donors (Lipinski definition) is 1. The van der Waals surface area contributed by atoms with Gasteiger partial charge in [-0.3, -0.25) is 4.79 Å². The third-order valence-electron chi connectivity index (χ3n) is 5.41. The van der Waals surface area contributed by atoms with Crippen molar-refractivity contribution in [2.75, 3.05) is 24.6 Å². The van der Waals surface area contributed by atoms with E-state index < -0.39 is 0 Å². The van der Waals surface area contributed by atoms with Crippen LogP contribution >= 0.6 is 11.3 Å². The fourth-order valence-corrected chi connectivity index (χ4v) is 4.27. The zero-order valence-electron chi connectivity index (χ0n) is 19.3. The van der Waals surface area contributed by atoms with Crippen molar-refractivity contribution < 1.29 is 14.6 Å². The summed E-state index contributed by atoms with van der Waals surface area (Å²) in [6, 6.07) is 20.3. The van der Waals surface area contributed by atoms with E-state index in [1.807, 2.05) is 42.5 Å². The van der Waals surface area contributed by atoms with Gasteiger partial charge < -0.3 is 14.7 Å². The molecule has 1 aromatic heterocycles. The number of aliphatic hydroxyl groups is 1. The SMILES string of the molecule is CCCCN(CCCCO)c1ccc(/C=C/c2ccc(C=O)s2)c(OCc2ccccc2)c1. The zero-order chi connectivity index (χ0) is 23.3. The van der Waals surface area contributed by atoms with Crippen LogP contribution in [0.15, 0.2) is 60.7 Å². The van der Waals surface area contributed by atoms with Crippen molar-refractivity contribution in [3.63, 3.8) is 0 Å². The minimum atomic E-state index is 0.228. The molecule has 0 saturated carbocycles. The topological polar surface area (TPSA) is 49.8 Å². The lowest BCUT2D eigenvalue weighted by Gasteiger charge is -2.26. The van der Waals surface area contributed by atoms with Crippen LogP contribution in [0.5, 0.6) is 5.75 Å². The van der Waals surface area contributed by atoms with Crippen molar-refractivity contribution in [1.29, 1.82) is 0 Å². The highest BCUT2D eigenvalue weighted by molar-refractivity contribution is 7.14. The van der Waals surface area contributed by atoms with Crippen LogP contribution in [0, 0.1) is 0 Å². The Bertz CT molecular complexity index is 1010. The molecule has 1 N–H and O–H groups in total. The minimum Gasteiger partial charge on any atom is -0.488 e. The van der Waals surface area contributed by atoms with Crippen molar-refractivity contribution in [3.05, 3.63) is 81.5 Å². The van der Waals surface area contributed by atoms with E-state index in [1.165, 1.54) is 11.3 Å². The molecular weight excluding hydrogens is 430 g/mol. The van der Waals surface area contributed by atoms with E-state index in [2.05, 4.69) is 42.2 Å². The van der Waals surface area contributed by atoms with Crippen LogP contribution in [-0.2, 0) is 6.61 Å². The molecule has 0 spiro atoms. The molecule has 0 saturated heterocycles. The fourth-order valence-electron chi connectivity index (χ4n) is 3.54. The van der Waals surface area contributed by atoms with Crippen LogP contribution in [0.1, 0.15) is 58.3 Å². The standard InChI is InChI=1S/C28H33NO3S/c1-2-3-17-29(18-7-8-19-30)25-13-11-24(12-14-26-15-16-27(21-31)33-26)28(20-25)32-22-23-9-5-4-6-10-23/h4-6,9-16,20-21,30H,2-3,7-8,17-19,22H2,1H3/b14-12+. The zero-order valence-corrected chi connectivity index (χ0v) is 20.1. The van der Waals surface area contributed by atoms with E-state index in [9.17, 15) is 9.90 Å². The first-order valence-electron chi connectivity index (χ1n) is 11.6. The maximum Gasteiger partial charge on any atom is 0.160 e. The van der Waals surface area contributed by atoms with Crippen LogP contribution in [0.25, 0.3) is 12.2 Å². The van der Waals surface area contributed by atoms with Gasteiger partial charge in [-0.15, -0.1) is 11.3 Å². The Morgan fingerprint density at radius 2 is 1.73 bits per heavy atom. The lowest BCUT2D eigenvalue weighted by atomic mass is 10.1. The number of hydrogen-bond acceptors (Lipinski definition) is 5. The number of benzene rings is 2. The highest BCUT2D eigenvalue weighted by Crippen LogP contribution is 2.29. The van der Waals surface area contributed by atoms with Gasteiger partial charge in [-0.05, 0) is 61.2 Å². The summed E-state index contributed by atoms with van der Waals surface area (Å²) >= 11 is 1.47. The summed E-state index contributed by atoms with van der Waals surface area (Å²) in [4.78, 5) is 15.1. The monoisotopic (exact) mass is 463 g/mol. The second kappa shape index (κ2) is 13.6. The van der Waals surface area contributed by atoms with Gasteiger partial charge in [0.2, 0.25) is 0 Å². The van der Waals surface area contributed by atoms with E-state index >= 15 is 0 Å². The number of carbonyl (C=O) groups excluding carboxylic acids is 1. The summed E-state index contributed by atoms with van der Waals surface area (Å²) in [5.74, 6) is 0.837. The first kappa shape index (κ1) is 24.7. The van der Waals surface area contributed by atoms with Gasteiger partial charge in [0.25, 0.3) is 0 Å². The van der Waals surface area contributed by atoms with E-state index in [0.29, 0.717) is 6.61 Å². The predicted octanol–water partition coefficient (Wildman–Crippen LogP) is 6.69. The Kier molecular flexibility index (Phi) is 10.2. The Hall–Kier alpha value is -2.89. The van der Waals surface area contributed by atoms with Crippen LogP contribution in [-0.4, -0.2) is 31.1 Å². The van der Waals surface area contributed by atoms with Crippen LogP contribution in [0.2, 0.25) is 0 Å². The number of thiophene rings is 1. The third kappa shape index (κ3) is 7.88. The second-order valence-electron chi connectivity index (χ2n) is 7.96. The maximum absolute atomic E-state index is 11.0. The van der Waals surface area contributed by atoms with Crippen molar-refractivity contribution in [3.8, 4) is 5.75 Å². The largest absolute Gasteiger partial charge is 0.488 e. The molecule has 0 fully saturated rings. The van der Waals surface area contributed by atoms with Gasteiger partial charge in [0.15, 0.2) is 6.29 Å². The Morgan fingerprint density at radius 1 is 0.939 bits per heavy atom. The first-order valence-corrected chi connectivity index (χ1v) is 12.4. The molecule has 0 aliphatic heterocycles. The molecule has 0 aliphatic rings. The van der Waals surface area contributed by atoms with Crippen molar-refractivity contribution >= 4 is 35.5 Å². The number of anilines is 1. The molecule has 33 heavy (non-hydrogen) atoms. The van der Waals surface area contributed by atoms with Gasteiger partial charge >= 0.3 is 0 Å². The van der Waals surface area contributed by atoms with Gasteiger partial charge in [-0.2, -0.15) is 0 Å². The van der Waals surface area contributed by atoms with E-state index in [0.717, 1.165) is 77.4 Å².